The van der Waals surface area contributed by atoms with E-state index in [-0.39, 0.29) is 6.10 Å². The van der Waals surface area contributed by atoms with Gasteiger partial charge in [-0.3, -0.25) is 0 Å². The Morgan fingerprint density at radius 1 is 1.35 bits per heavy atom. The number of morpholine rings is 1. The minimum Gasteiger partial charge on any atom is -0.368 e. The van der Waals surface area contributed by atoms with Gasteiger partial charge in [-0.2, -0.15) is 4.31 Å². The molecule has 1 aliphatic heterocycles. The third kappa shape index (κ3) is 3.20. The summed E-state index contributed by atoms with van der Waals surface area (Å²) >= 11 is 0. The lowest BCUT2D eigenvalue weighted by atomic mass is 10.1. The van der Waals surface area contributed by atoms with Gasteiger partial charge in [0.05, 0.1) is 16.6 Å². The summed E-state index contributed by atoms with van der Waals surface area (Å²) in [4.78, 5) is 0.316. The summed E-state index contributed by atoms with van der Waals surface area (Å²) in [6.45, 7) is 6.64. The molecule has 1 heterocycles. The summed E-state index contributed by atoms with van der Waals surface area (Å²) in [5, 5.41) is 0. The molecule has 2 rings (SSSR count). The van der Waals surface area contributed by atoms with E-state index in [0.717, 1.165) is 5.56 Å². The maximum atomic E-state index is 12.7. The van der Waals surface area contributed by atoms with Crippen molar-refractivity contribution in [3.05, 3.63) is 29.8 Å². The van der Waals surface area contributed by atoms with Gasteiger partial charge in [0.1, 0.15) is 0 Å². The van der Waals surface area contributed by atoms with Crippen LogP contribution in [0.1, 0.15) is 19.4 Å². The zero-order chi connectivity index (χ0) is 15.0. The number of nitrogens with two attached hydrogens (primary N) is 1. The quantitative estimate of drug-likeness (QED) is 0.907. The molecule has 1 aromatic carbocycles. The highest BCUT2D eigenvalue weighted by atomic mass is 32.2. The molecule has 0 saturated carbocycles. The van der Waals surface area contributed by atoms with Crippen molar-refractivity contribution in [1.29, 1.82) is 0 Å². The van der Waals surface area contributed by atoms with Gasteiger partial charge in [-0.25, -0.2) is 8.42 Å². The first kappa shape index (κ1) is 15.4. The molecule has 1 saturated heterocycles. The van der Waals surface area contributed by atoms with Crippen molar-refractivity contribution in [3.63, 3.8) is 0 Å². The average molecular weight is 298 g/mol. The van der Waals surface area contributed by atoms with Crippen LogP contribution in [0.5, 0.6) is 0 Å². The zero-order valence-corrected chi connectivity index (χ0v) is 13.0. The van der Waals surface area contributed by atoms with E-state index in [1.807, 2.05) is 20.8 Å². The first-order chi connectivity index (χ1) is 9.24. The Balaban J connectivity index is 2.31. The molecule has 1 aliphatic rings. The molecular weight excluding hydrogens is 276 g/mol. The summed E-state index contributed by atoms with van der Waals surface area (Å²) in [6, 6.07) is 6.90. The molecule has 0 aliphatic carbocycles. The van der Waals surface area contributed by atoms with Gasteiger partial charge < -0.3 is 10.5 Å². The molecule has 5 nitrogen and oxygen atoms in total. The Morgan fingerprint density at radius 3 is 2.50 bits per heavy atom. The summed E-state index contributed by atoms with van der Waals surface area (Å²) in [7, 11) is -3.50. The second-order valence-corrected chi connectivity index (χ2v) is 7.78. The van der Waals surface area contributed by atoms with E-state index in [0.29, 0.717) is 24.5 Å². The number of nitrogens with zero attached hydrogens (tertiary/aromatic N) is 1. The van der Waals surface area contributed by atoms with Gasteiger partial charge in [-0.05, 0) is 32.9 Å². The molecule has 2 N–H and O–H groups in total. The van der Waals surface area contributed by atoms with Gasteiger partial charge in [0.15, 0.2) is 0 Å². The van der Waals surface area contributed by atoms with Crippen molar-refractivity contribution in [1.82, 2.24) is 4.31 Å². The van der Waals surface area contributed by atoms with Crippen LogP contribution in [0.2, 0.25) is 0 Å². The molecule has 20 heavy (non-hydrogen) atoms. The van der Waals surface area contributed by atoms with E-state index in [1.165, 1.54) is 4.31 Å². The van der Waals surface area contributed by atoms with Crippen LogP contribution in [0.15, 0.2) is 29.2 Å². The molecule has 112 valence electrons. The highest BCUT2D eigenvalue weighted by molar-refractivity contribution is 7.89. The molecule has 1 fully saturated rings. The molecule has 0 spiro atoms. The highest BCUT2D eigenvalue weighted by Gasteiger charge is 2.38. The predicted octanol–water partition coefficient (Wildman–Crippen LogP) is 1.12. The second-order valence-electron chi connectivity index (χ2n) is 5.85. The first-order valence-electron chi connectivity index (χ1n) is 6.69. The summed E-state index contributed by atoms with van der Waals surface area (Å²) in [5.41, 5.74) is 6.15. The number of hydrogen-bond acceptors (Lipinski definition) is 4. The van der Waals surface area contributed by atoms with E-state index in [1.54, 1.807) is 24.3 Å². The van der Waals surface area contributed by atoms with Crippen LogP contribution in [-0.2, 0) is 14.8 Å². The van der Waals surface area contributed by atoms with E-state index in [2.05, 4.69) is 0 Å². The van der Waals surface area contributed by atoms with Crippen LogP contribution in [0, 0.1) is 6.92 Å². The standard InChI is InChI=1S/C14H22N2O3S/c1-11-4-6-13(7-5-11)20(17,18)16-9-12(8-15)19-14(2,3)10-16/h4-7,12H,8-10,15H2,1-3H3. The SMILES string of the molecule is Cc1ccc(S(=O)(=O)N2CC(CN)OC(C)(C)C2)cc1. The molecule has 1 aromatic rings. The van der Waals surface area contributed by atoms with Gasteiger partial charge >= 0.3 is 0 Å². The lowest BCUT2D eigenvalue weighted by molar-refractivity contribution is -0.112. The molecule has 1 unspecified atom stereocenters. The Hall–Kier alpha value is -0.950. The van der Waals surface area contributed by atoms with Gasteiger partial charge in [-0.1, -0.05) is 17.7 Å². The Kier molecular flexibility index (Phi) is 4.20. The fraction of sp³-hybridized carbons (Fsp3) is 0.571. The summed E-state index contributed by atoms with van der Waals surface area (Å²) in [6.07, 6.45) is -0.265. The van der Waals surface area contributed by atoms with Gasteiger partial charge in [-0.15, -0.1) is 0 Å². The number of hydrogen-bond donors (Lipinski definition) is 1. The fourth-order valence-corrected chi connectivity index (χ4v) is 4.03. The number of ether oxygens (including phenoxy) is 1. The molecule has 1 atom stereocenters. The maximum Gasteiger partial charge on any atom is 0.243 e. The Labute approximate surface area is 120 Å². The minimum atomic E-state index is -3.50. The molecule has 0 amide bonds. The van der Waals surface area contributed by atoms with Crippen molar-refractivity contribution < 1.29 is 13.2 Å². The van der Waals surface area contributed by atoms with E-state index in [9.17, 15) is 8.42 Å². The predicted molar refractivity (Wildman–Crippen MR) is 77.9 cm³/mol. The molecule has 0 aromatic heterocycles. The smallest absolute Gasteiger partial charge is 0.243 e. The normalized spacial score (nSPS) is 23.7. The van der Waals surface area contributed by atoms with E-state index in [4.69, 9.17) is 10.5 Å². The monoisotopic (exact) mass is 298 g/mol. The van der Waals surface area contributed by atoms with Gasteiger partial charge in [0, 0.05) is 19.6 Å². The molecule has 0 radical (unpaired) electrons. The van der Waals surface area contributed by atoms with Crippen LogP contribution in [0.3, 0.4) is 0 Å². The Bertz CT molecular complexity index is 567. The third-order valence-corrected chi connectivity index (χ3v) is 5.20. The topological polar surface area (TPSA) is 72.6 Å². The van der Waals surface area contributed by atoms with Crippen molar-refractivity contribution in [3.8, 4) is 0 Å². The van der Waals surface area contributed by atoms with E-state index >= 15 is 0 Å². The highest BCUT2D eigenvalue weighted by Crippen LogP contribution is 2.26. The van der Waals surface area contributed by atoms with Crippen LogP contribution >= 0.6 is 0 Å². The zero-order valence-electron chi connectivity index (χ0n) is 12.2. The number of rotatable bonds is 3. The molecular formula is C14H22N2O3S. The van der Waals surface area contributed by atoms with Crippen molar-refractivity contribution >= 4 is 10.0 Å². The number of aryl methyl sites for hydroxylation is 1. The lowest BCUT2D eigenvalue weighted by Crippen LogP contribution is -2.56. The van der Waals surface area contributed by atoms with Gasteiger partial charge in [0.2, 0.25) is 10.0 Å². The van der Waals surface area contributed by atoms with E-state index < -0.39 is 15.6 Å². The van der Waals surface area contributed by atoms with Crippen molar-refractivity contribution in [2.75, 3.05) is 19.6 Å². The maximum absolute atomic E-state index is 12.7. The Morgan fingerprint density at radius 2 is 1.95 bits per heavy atom. The second kappa shape index (κ2) is 5.44. The van der Waals surface area contributed by atoms with Crippen molar-refractivity contribution in [2.45, 2.75) is 37.4 Å². The molecule has 0 bridgehead atoms. The van der Waals surface area contributed by atoms with Gasteiger partial charge in [0.25, 0.3) is 0 Å². The van der Waals surface area contributed by atoms with Crippen LogP contribution < -0.4 is 5.73 Å². The summed E-state index contributed by atoms with van der Waals surface area (Å²) < 4.78 is 32.6. The number of sulfonamides is 1. The average Bonchev–Trinajstić information content (AvgIpc) is 2.37. The third-order valence-electron chi connectivity index (χ3n) is 3.37. The minimum absolute atomic E-state index is 0.265. The summed E-state index contributed by atoms with van der Waals surface area (Å²) in [5.74, 6) is 0. The largest absolute Gasteiger partial charge is 0.368 e. The van der Waals surface area contributed by atoms with Crippen LogP contribution in [-0.4, -0.2) is 44.1 Å². The van der Waals surface area contributed by atoms with Crippen molar-refractivity contribution in [2.24, 2.45) is 5.73 Å². The first-order valence-corrected chi connectivity index (χ1v) is 8.13. The van der Waals surface area contributed by atoms with Crippen LogP contribution in [0.25, 0.3) is 0 Å². The molecule has 6 heteroatoms. The number of benzene rings is 1. The lowest BCUT2D eigenvalue weighted by Gasteiger charge is -2.41. The fourth-order valence-electron chi connectivity index (χ4n) is 2.41. The van der Waals surface area contributed by atoms with Crippen LogP contribution in [0.4, 0.5) is 0 Å².